The summed E-state index contributed by atoms with van der Waals surface area (Å²) in [5.74, 6) is -4.31. The zero-order valence-electron chi connectivity index (χ0n) is 17.1. The molecule has 33 heavy (non-hydrogen) atoms. The fourth-order valence-electron chi connectivity index (χ4n) is 2.58. The van der Waals surface area contributed by atoms with Crippen molar-refractivity contribution >= 4 is 21.8 Å². The molecule has 0 fully saturated rings. The van der Waals surface area contributed by atoms with Gasteiger partial charge in [-0.25, -0.2) is 31.5 Å². The maximum absolute atomic E-state index is 14.2. The molecular formula is C21H19F2N3O6S. The molecule has 0 saturated carbocycles. The number of hydrogen-bond donors (Lipinski definition) is 3. The Hall–Kier alpha value is -3.90. The number of carbonyl (C=O) groups is 2. The normalized spacial score (nSPS) is 11.1. The van der Waals surface area contributed by atoms with Crippen LogP contribution in [-0.4, -0.2) is 47.4 Å². The number of carboxylic acid groups (broad SMARTS) is 2. The Morgan fingerprint density at radius 1 is 1.00 bits per heavy atom. The second kappa shape index (κ2) is 11.1. The van der Waals surface area contributed by atoms with E-state index in [1.807, 2.05) is 0 Å². The molecule has 0 spiro atoms. The Balaban J connectivity index is 0.000000414. The summed E-state index contributed by atoms with van der Waals surface area (Å²) < 4.78 is 55.1. The van der Waals surface area contributed by atoms with Crippen molar-refractivity contribution in [2.24, 2.45) is 0 Å². The Morgan fingerprint density at radius 2 is 1.55 bits per heavy atom. The lowest BCUT2D eigenvalue weighted by Crippen LogP contribution is -2.13. The molecule has 1 heterocycles. The zero-order chi connectivity index (χ0) is 24.6. The molecule has 174 valence electrons. The summed E-state index contributed by atoms with van der Waals surface area (Å²) >= 11 is 0. The van der Waals surface area contributed by atoms with Crippen molar-refractivity contribution in [1.29, 1.82) is 0 Å². The van der Waals surface area contributed by atoms with Gasteiger partial charge in [-0.2, -0.15) is 5.10 Å². The van der Waals surface area contributed by atoms with E-state index in [1.165, 1.54) is 24.3 Å². The van der Waals surface area contributed by atoms with Gasteiger partial charge in [0.15, 0.2) is 16.7 Å². The van der Waals surface area contributed by atoms with Gasteiger partial charge < -0.3 is 15.5 Å². The van der Waals surface area contributed by atoms with E-state index in [-0.39, 0.29) is 16.5 Å². The number of aliphatic carboxylic acids is 2. The molecule has 3 rings (SSSR count). The summed E-state index contributed by atoms with van der Waals surface area (Å²) in [4.78, 5) is 19.1. The first kappa shape index (κ1) is 25.4. The van der Waals surface area contributed by atoms with E-state index < -0.39 is 39.1 Å². The number of hydrogen-bond acceptors (Lipinski definition) is 6. The number of carboxylic acids is 2. The molecule has 3 N–H and O–H groups in total. The predicted octanol–water partition coefficient (Wildman–Crippen LogP) is 2.41. The number of nitrogens with zero attached hydrogens (tertiary/aromatic N) is 2. The number of rotatable bonds is 7. The largest absolute Gasteiger partial charge is 0.478 e. The molecule has 0 saturated heterocycles. The number of aromatic nitrogens is 2. The van der Waals surface area contributed by atoms with Gasteiger partial charge in [-0.05, 0) is 31.3 Å². The molecule has 3 aromatic rings. The lowest BCUT2D eigenvalue weighted by Gasteiger charge is -2.10. The minimum absolute atomic E-state index is 0.0175. The fraction of sp³-hybridized carbons (Fsp3) is 0.0952. The quantitative estimate of drug-likeness (QED) is 0.439. The molecule has 1 aromatic heterocycles. The van der Waals surface area contributed by atoms with Crippen LogP contribution < -0.4 is 5.32 Å². The monoisotopic (exact) mass is 479 g/mol. The van der Waals surface area contributed by atoms with E-state index in [0.717, 1.165) is 16.8 Å². The summed E-state index contributed by atoms with van der Waals surface area (Å²) in [5, 5.41) is 22.2. The Kier molecular flexibility index (Phi) is 8.54. The maximum atomic E-state index is 14.2. The highest BCUT2D eigenvalue weighted by Gasteiger charge is 2.27. The third-order valence-corrected chi connectivity index (χ3v) is 5.67. The molecule has 0 aliphatic heterocycles. The molecular weight excluding hydrogens is 460 g/mol. The SMILES string of the molecule is CNCc1cc(S(=O)(=O)c2ccccc2)n(-c2c(F)cccc2F)n1.O=C(O)/C=C/C(=O)O. The van der Waals surface area contributed by atoms with Crippen molar-refractivity contribution in [2.75, 3.05) is 7.05 Å². The standard InChI is InChI=1S/C17H15F2N3O2S.C4H4O4/c1-20-11-12-10-16(25(23,24)13-6-3-2-4-7-13)22(21-12)17-14(18)8-5-9-15(17)19;5-3(6)1-2-4(7)8/h2-10,20H,11H2,1H3;1-2H,(H,5,6)(H,7,8)/b;2-1+. The van der Waals surface area contributed by atoms with Crippen LogP contribution in [0.3, 0.4) is 0 Å². The number of halogens is 2. The molecule has 9 nitrogen and oxygen atoms in total. The van der Waals surface area contributed by atoms with Crippen molar-refractivity contribution < 1.29 is 37.0 Å². The lowest BCUT2D eigenvalue weighted by molar-refractivity contribution is -0.134. The van der Waals surface area contributed by atoms with Crippen LogP contribution in [0.1, 0.15) is 5.69 Å². The minimum atomic E-state index is -4.01. The van der Waals surface area contributed by atoms with Crippen LogP contribution in [0.15, 0.2) is 76.7 Å². The topological polar surface area (TPSA) is 139 Å². The number of para-hydroxylation sites is 1. The predicted molar refractivity (Wildman–Crippen MR) is 113 cm³/mol. The average molecular weight is 479 g/mol. The van der Waals surface area contributed by atoms with Gasteiger partial charge in [0.2, 0.25) is 9.84 Å². The van der Waals surface area contributed by atoms with Crippen LogP contribution in [0.4, 0.5) is 8.78 Å². The van der Waals surface area contributed by atoms with E-state index in [1.54, 1.807) is 25.2 Å². The van der Waals surface area contributed by atoms with Gasteiger partial charge in [0.25, 0.3) is 0 Å². The van der Waals surface area contributed by atoms with Crippen molar-refractivity contribution in [1.82, 2.24) is 15.1 Å². The summed E-state index contributed by atoms with van der Waals surface area (Å²) in [6.07, 6.45) is 1.12. The molecule has 12 heteroatoms. The molecule has 0 atom stereocenters. The highest BCUT2D eigenvalue weighted by atomic mass is 32.2. The van der Waals surface area contributed by atoms with Gasteiger partial charge in [0.05, 0.1) is 10.6 Å². The average Bonchev–Trinajstić information content (AvgIpc) is 3.18. The minimum Gasteiger partial charge on any atom is -0.478 e. The van der Waals surface area contributed by atoms with Crippen molar-refractivity contribution in [3.05, 3.63) is 84.1 Å². The maximum Gasteiger partial charge on any atom is 0.328 e. The van der Waals surface area contributed by atoms with Crippen molar-refractivity contribution in [3.63, 3.8) is 0 Å². The van der Waals surface area contributed by atoms with E-state index in [2.05, 4.69) is 10.4 Å². The number of benzene rings is 2. The first-order chi connectivity index (χ1) is 15.6. The van der Waals surface area contributed by atoms with Gasteiger partial charge in [0, 0.05) is 24.8 Å². The van der Waals surface area contributed by atoms with Crippen LogP contribution in [0.5, 0.6) is 0 Å². The fourth-order valence-corrected chi connectivity index (χ4v) is 3.99. The van der Waals surface area contributed by atoms with Crippen molar-refractivity contribution in [2.45, 2.75) is 16.5 Å². The zero-order valence-corrected chi connectivity index (χ0v) is 18.0. The van der Waals surface area contributed by atoms with Crippen LogP contribution >= 0.6 is 0 Å². The van der Waals surface area contributed by atoms with Crippen molar-refractivity contribution in [3.8, 4) is 5.69 Å². The van der Waals surface area contributed by atoms with E-state index >= 15 is 0 Å². The van der Waals surface area contributed by atoms with Gasteiger partial charge >= 0.3 is 11.9 Å². The van der Waals surface area contributed by atoms with Gasteiger partial charge in [-0.3, -0.25) is 0 Å². The molecule has 0 bridgehead atoms. The lowest BCUT2D eigenvalue weighted by atomic mass is 10.3. The summed E-state index contributed by atoms with van der Waals surface area (Å²) in [6, 6.07) is 12.3. The van der Waals surface area contributed by atoms with Gasteiger partial charge in [0.1, 0.15) is 5.69 Å². The van der Waals surface area contributed by atoms with Crippen LogP contribution in [-0.2, 0) is 26.0 Å². The molecule has 0 aliphatic carbocycles. The first-order valence-corrected chi connectivity index (χ1v) is 10.7. The van der Waals surface area contributed by atoms with E-state index in [4.69, 9.17) is 10.2 Å². The second-order valence-electron chi connectivity index (χ2n) is 6.31. The summed E-state index contributed by atoms with van der Waals surface area (Å²) in [7, 11) is -2.35. The molecule has 0 aliphatic rings. The Morgan fingerprint density at radius 3 is 2.03 bits per heavy atom. The third-order valence-electron chi connectivity index (χ3n) is 3.93. The van der Waals surface area contributed by atoms with E-state index in [9.17, 15) is 26.8 Å². The smallest absolute Gasteiger partial charge is 0.328 e. The molecule has 0 unspecified atom stereocenters. The number of nitrogens with one attached hydrogen (secondary N) is 1. The molecule has 0 amide bonds. The van der Waals surface area contributed by atoms with Gasteiger partial charge in [-0.15, -0.1) is 0 Å². The third kappa shape index (κ3) is 6.54. The molecule has 2 aromatic carbocycles. The highest BCUT2D eigenvalue weighted by Crippen LogP contribution is 2.27. The Bertz CT molecular complexity index is 1240. The van der Waals surface area contributed by atoms with Gasteiger partial charge in [-0.1, -0.05) is 24.3 Å². The Labute approximate surface area is 187 Å². The van der Waals surface area contributed by atoms with Crippen LogP contribution in [0.25, 0.3) is 5.69 Å². The van der Waals surface area contributed by atoms with E-state index in [0.29, 0.717) is 17.8 Å². The molecule has 0 radical (unpaired) electrons. The summed E-state index contributed by atoms with van der Waals surface area (Å²) in [5.41, 5.74) is -0.181. The first-order valence-electron chi connectivity index (χ1n) is 9.20. The highest BCUT2D eigenvalue weighted by molar-refractivity contribution is 7.91. The second-order valence-corrected chi connectivity index (χ2v) is 8.21. The summed E-state index contributed by atoms with van der Waals surface area (Å²) in [6.45, 7) is 0.250. The van der Waals surface area contributed by atoms with Crippen LogP contribution in [0.2, 0.25) is 0 Å². The number of sulfone groups is 1. The van der Waals surface area contributed by atoms with Crippen LogP contribution in [0, 0.1) is 11.6 Å².